The Morgan fingerprint density at radius 3 is 2.14 bits per heavy atom. The van der Waals surface area contributed by atoms with Gasteiger partial charge in [0.15, 0.2) is 9.84 Å². The van der Waals surface area contributed by atoms with Crippen LogP contribution in [0.2, 0.25) is 0 Å². The lowest BCUT2D eigenvalue weighted by Gasteiger charge is -2.42. The van der Waals surface area contributed by atoms with Gasteiger partial charge in [0.1, 0.15) is 0 Å². The van der Waals surface area contributed by atoms with Crippen molar-refractivity contribution in [3.05, 3.63) is 64.7 Å². The van der Waals surface area contributed by atoms with Gasteiger partial charge in [-0.1, -0.05) is 64.1 Å². The number of rotatable bonds is 5. The summed E-state index contributed by atoms with van der Waals surface area (Å²) in [6, 6.07) is 13.7. The average Bonchev–Trinajstić information content (AvgIpc) is 2.66. The summed E-state index contributed by atoms with van der Waals surface area (Å²) in [6.07, 6.45) is 4.47. The predicted octanol–water partition coefficient (Wildman–Crippen LogP) is 5.36. The molecule has 0 unspecified atom stereocenters. The van der Waals surface area contributed by atoms with Crippen LogP contribution in [0.3, 0.4) is 0 Å². The van der Waals surface area contributed by atoms with Crippen LogP contribution >= 0.6 is 0 Å². The molecule has 3 nitrogen and oxygen atoms in total. The van der Waals surface area contributed by atoms with Gasteiger partial charge in [0.2, 0.25) is 0 Å². The maximum atomic E-state index is 12.1. The normalized spacial score (nSPS) is 18.3. The third-order valence-electron chi connectivity index (χ3n) is 6.29. The maximum Gasteiger partial charge on any atom is 0.180 e. The second-order valence-electron chi connectivity index (χ2n) is 9.47. The first-order chi connectivity index (χ1) is 13.5. The number of aliphatic hydroxyl groups is 1. The molecule has 0 aliphatic heterocycles. The molecular formula is C25H32O3S. The number of hydrogen-bond acceptors (Lipinski definition) is 3. The summed E-state index contributed by atoms with van der Waals surface area (Å²) in [6.45, 7) is 11.0. The molecule has 0 heterocycles. The smallest absolute Gasteiger partial charge is 0.180 e. The van der Waals surface area contributed by atoms with Crippen molar-refractivity contribution in [3.63, 3.8) is 0 Å². The van der Waals surface area contributed by atoms with Crippen LogP contribution < -0.4 is 0 Å². The highest BCUT2D eigenvalue weighted by molar-refractivity contribution is 7.91. The van der Waals surface area contributed by atoms with E-state index >= 15 is 0 Å². The highest BCUT2D eigenvalue weighted by atomic mass is 32.2. The maximum absolute atomic E-state index is 12.1. The van der Waals surface area contributed by atoms with Gasteiger partial charge in [-0.15, -0.1) is 0 Å². The summed E-state index contributed by atoms with van der Waals surface area (Å²) in [4.78, 5) is 0.249. The van der Waals surface area contributed by atoms with Crippen molar-refractivity contribution in [1.82, 2.24) is 0 Å². The Morgan fingerprint density at radius 2 is 1.55 bits per heavy atom. The molecule has 156 valence electrons. The zero-order valence-corrected chi connectivity index (χ0v) is 18.9. The van der Waals surface area contributed by atoms with Crippen LogP contribution in [0, 0.1) is 0 Å². The Morgan fingerprint density at radius 1 is 0.966 bits per heavy atom. The molecule has 29 heavy (non-hydrogen) atoms. The second-order valence-corrected chi connectivity index (χ2v) is 11.6. The Kier molecular flexibility index (Phi) is 5.81. The van der Waals surface area contributed by atoms with Gasteiger partial charge in [0.05, 0.1) is 17.3 Å². The van der Waals surface area contributed by atoms with Gasteiger partial charge in [0, 0.05) is 0 Å². The summed E-state index contributed by atoms with van der Waals surface area (Å²) in [7, 11) is -3.41. The number of benzene rings is 2. The fourth-order valence-corrected chi connectivity index (χ4v) is 5.20. The van der Waals surface area contributed by atoms with Gasteiger partial charge in [-0.05, 0) is 70.6 Å². The number of aliphatic hydroxyl groups excluding tert-OH is 1. The van der Waals surface area contributed by atoms with E-state index in [2.05, 4.69) is 58.9 Å². The fraction of sp³-hybridized carbons (Fsp3) is 0.440. The lowest BCUT2D eigenvalue weighted by atomic mass is 9.63. The Labute approximate surface area is 175 Å². The molecule has 0 spiro atoms. The van der Waals surface area contributed by atoms with Crippen molar-refractivity contribution in [3.8, 4) is 0 Å². The number of allylic oxidation sites excluding steroid dienone is 1. The van der Waals surface area contributed by atoms with E-state index in [0.29, 0.717) is 0 Å². The minimum atomic E-state index is -3.41. The molecule has 4 heteroatoms. The number of hydrogen-bond donors (Lipinski definition) is 1. The van der Waals surface area contributed by atoms with E-state index in [-0.39, 0.29) is 28.1 Å². The molecular weight excluding hydrogens is 380 g/mol. The van der Waals surface area contributed by atoms with E-state index in [1.54, 1.807) is 12.1 Å². The molecule has 1 aliphatic carbocycles. The number of sulfone groups is 1. The molecule has 1 aliphatic rings. The van der Waals surface area contributed by atoms with E-state index < -0.39 is 9.84 Å². The molecule has 0 radical (unpaired) electrons. The monoisotopic (exact) mass is 412 g/mol. The fourth-order valence-electron chi connectivity index (χ4n) is 4.18. The van der Waals surface area contributed by atoms with E-state index in [0.717, 1.165) is 11.1 Å². The lowest BCUT2D eigenvalue weighted by Crippen LogP contribution is -2.33. The van der Waals surface area contributed by atoms with Gasteiger partial charge in [0.25, 0.3) is 0 Å². The summed E-state index contributed by atoms with van der Waals surface area (Å²) in [5, 5.41) is 8.93. The van der Waals surface area contributed by atoms with Crippen LogP contribution in [-0.2, 0) is 20.7 Å². The Bertz CT molecular complexity index is 1030. The minimum absolute atomic E-state index is 0.170. The van der Waals surface area contributed by atoms with Crippen molar-refractivity contribution in [2.24, 2.45) is 0 Å². The molecule has 0 amide bonds. The SMILES string of the molecule is CC(=Cc1ccc(S(=O)(=O)CCO)cc1)c1ccc2c(c1)C(C)(C)CCC2(C)C. The number of fused-ring (bicyclic) bond motifs is 1. The first-order valence-corrected chi connectivity index (χ1v) is 11.9. The highest BCUT2D eigenvalue weighted by Crippen LogP contribution is 2.46. The molecule has 0 saturated carbocycles. The molecule has 2 aromatic carbocycles. The molecule has 0 fully saturated rings. The summed E-state index contributed by atoms with van der Waals surface area (Å²) >= 11 is 0. The zero-order valence-electron chi connectivity index (χ0n) is 18.1. The van der Waals surface area contributed by atoms with E-state index in [1.807, 2.05) is 12.1 Å². The van der Waals surface area contributed by atoms with Crippen LogP contribution in [0.15, 0.2) is 47.4 Å². The van der Waals surface area contributed by atoms with Gasteiger partial charge < -0.3 is 5.11 Å². The quantitative estimate of drug-likeness (QED) is 0.673. The summed E-state index contributed by atoms with van der Waals surface area (Å²) in [5.74, 6) is -0.248. The molecule has 1 N–H and O–H groups in total. The third-order valence-corrected chi connectivity index (χ3v) is 8.00. The average molecular weight is 413 g/mol. The Balaban J connectivity index is 1.93. The molecule has 3 rings (SSSR count). The van der Waals surface area contributed by atoms with Crippen LogP contribution in [0.1, 0.15) is 69.7 Å². The van der Waals surface area contributed by atoms with E-state index in [9.17, 15) is 8.42 Å². The van der Waals surface area contributed by atoms with E-state index in [4.69, 9.17) is 5.11 Å². The standard InChI is InChI=1S/C25H32O3S/c1-18(16-19-6-9-21(10-7-19)29(27,28)15-14-26)20-8-11-22-23(17-20)25(4,5)13-12-24(22,2)3/h6-11,16-17,26H,12-15H2,1-5H3. The van der Waals surface area contributed by atoms with Crippen molar-refractivity contribution in [2.45, 2.75) is 63.2 Å². The van der Waals surface area contributed by atoms with Gasteiger partial charge in [-0.2, -0.15) is 0 Å². The third kappa shape index (κ3) is 4.49. The largest absolute Gasteiger partial charge is 0.395 e. The lowest BCUT2D eigenvalue weighted by molar-refractivity contribution is 0.319. The van der Waals surface area contributed by atoms with E-state index in [1.165, 1.54) is 29.5 Å². The topological polar surface area (TPSA) is 54.4 Å². The minimum Gasteiger partial charge on any atom is -0.395 e. The summed E-state index contributed by atoms with van der Waals surface area (Å²) < 4.78 is 24.1. The zero-order chi connectivity index (χ0) is 21.4. The van der Waals surface area contributed by atoms with Crippen LogP contribution in [-0.4, -0.2) is 25.9 Å². The first kappa shape index (κ1) is 21.8. The Hall–Kier alpha value is -1.91. The van der Waals surface area contributed by atoms with Crippen LogP contribution in [0.25, 0.3) is 11.6 Å². The van der Waals surface area contributed by atoms with Gasteiger partial charge >= 0.3 is 0 Å². The van der Waals surface area contributed by atoms with Gasteiger partial charge in [-0.25, -0.2) is 8.42 Å². The van der Waals surface area contributed by atoms with Crippen molar-refractivity contribution < 1.29 is 13.5 Å². The molecule has 0 bridgehead atoms. The molecule has 0 saturated heterocycles. The van der Waals surface area contributed by atoms with Crippen LogP contribution in [0.5, 0.6) is 0 Å². The molecule has 2 aromatic rings. The van der Waals surface area contributed by atoms with Crippen molar-refractivity contribution in [2.75, 3.05) is 12.4 Å². The van der Waals surface area contributed by atoms with Gasteiger partial charge in [-0.3, -0.25) is 0 Å². The predicted molar refractivity (Wildman–Crippen MR) is 121 cm³/mol. The molecule has 0 aromatic heterocycles. The second kappa shape index (κ2) is 7.73. The van der Waals surface area contributed by atoms with Crippen molar-refractivity contribution >= 4 is 21.5 Å². The van der Waals surface area contributed by atoms with Crippen molar-refractivity contribution in [1.29, 1.82) is 0 Å². The summed E-state index contributed by atoms with van der Waals surface area (Å²) in [5.41, 5.74) is 6.57. The molecule has 0 atom stereocenters. The first-order valence-electron chi connectivity index (χ1n) is 10.2. The van der Waals surface area contributed by atoms with Crippen LogP contribution in [0.4, 0.5) is 0 Å². The highest BCUT2D eigenvalue weighted by Gasteiger charge is 2.36.